The Balaban J connectivity index is 2.06. The first kappa shape index (κ1) is 14.5. The van der Waals surface area contributed by atoms with E-state index in [0.29, 0.717) is 13.0 Å². The standard InChI is InChI=1S/C16H19BrO2/c1-11(2)16(18)9-14(12(3)15(16)17)19-10-13-7-5-4-6-8-13/h4-8,14,18H,1,9-10H2,2-3H3/t14-,16+/m0/s1. The van der Waals surface area contributed by atoms with Gasteiger partial charge in [-0.1, -0.05) is 52.8 Å². The predicted molar refractivity (Wildman–Crippen MR) is 81.0 cm³/mol. The molecule has 0 heterocycles. The van der Waals surface area contributed by atoms with Gasteiger partial charge in [0.2, 0.25) is 0 Å². The summed E-state index contributed by atoms with van der Waals surface area (Å²) in [6, 6.07) is 10.1. The summed E-state index contributed by atoms with van der Waals surface area (Å²) in [6.45, 7) is 8.26. The molecule has 0 bridgehead atoms. The quantitative estimate of drug-likeness (QED) is 0.850. The predicted octanol–water partition coefficient (Wildman–Crippen LogP) is 3.95. The molecule has 0 aromatic heterocycles. The maximum Gasteiger partial charge on any atom is 0.119 e. The van der Waals surface area contributed by atoms with Crippen LogP contribution in [0.4, 0.5) is 0 Å². The summed E-state index contributed by atoms with van der Waals surface area (Å²) in [4.78, 5) is 0. The van der Waals surface area contributed by atoms with Crippen molar-refractivity contribution in [1.29, 1.82) is 0 Å². The van der Waals surface area contributed by atoms with Gasteiger partial charge in [-0.25, -0.2) is 0 Å². The molecule has 102 valence electrons. The Morgan fingerprint density at radius 1 is 1.47 bits per heavy atom. The highest BCUT2D eigenvalue weighted by Gasteiger charge is 2.43. The molecule has 1 aromatic rings. The van der Waals surface area contributed by atoms with Crippen LogP contribution in [0.2, 0.25) is 0 Å². The molecule has 1 aliphatic rings. The smallest absolute Gasteiger partial charge is 0.119 e. The van der Waals surface area contributed by atoms with Gasteiger partial charge in [0.25, 0.3) is 0 Å². The number of benzene rings is 1. The molecule has 3 heteroatoms. The minimum Gasteiger partial charge on any atom is -0.380 e. The average Bonchev–Trinajstić information content (AvgIpc) is 2.63. The Morgan fingerprint density at radius 2 is 2.11 bits per heavy atom. The monoisotopic (exact) mass is 322 g/mol. The molecule has 1 aliphatic carbocycles. The van der Waals surface area contributed by atoms with E-state index in [1.165, 1.54) is 0 Å². The van der Waals surface area contributed by atoms with Gasteiger partial charge in [-0.15, -0.1) is 0 Å². The molecule has 0 spiro atoms. The number of rotatable bonds is 4. The highest BCUT2D eigenvalue weighted by molar-refractivity contribution is 9.11. The van der Waals surface area contributed by atoms with E-state index in [-0.39, 0.29) is 6.10 Å². The molecule has 19 heavy (non-hydrogen) atoms. The Bertz CT molecular complexity index is 507. The van der Waals surface area contributed by atoms with Gasteiger partial charge >= 0.3 is 0 Å². The lowest BCUT2D eigenvalue weighted by Crippen LogP contribution is -2.29. The second kappa shape index (κ2) is 5.61. The Labute approximate surface area is 122 Å². The maximum absolute atomic E-state index is 10.6. The van der Waals surface area contributed by atoms with Gasteiger partial charge < -0.3 is 9.84 Å². The summed E-state index contributed by atoms with van der Waals surface area (Å²) in [7, 11) is 0. The fraction of sp³-hybridized carbons (Fsp3) is 0.375. The zero-order valence-corrected chi connectivity index (χ0v) is 12.9. The van der Waals surface area contributed by atoms with Crippen LogP contribution in [0.3, 0.4) is 0 Å². The fourth-order valence-electron chi connectivity index (χ4n) is 2.30. The van der Waals surface area contributed by atoms with Gasteiger partial charge in [0, 0.05) is 10.9 Å². The summed E-state index contributed by atoms with van der Waals surface area (Å²) < 4.78 is 6.73. The molecule has 0 unspecified atom stereocenters. The van der Waals surface area contributed by atoms with Crippen LogP contribution in [-0.2, 0) is 11.3 Å². The summed E-state index contributed by atoms with van der Waals surface area (Å²) in [5, 5.41) is 10.6. The molecular formula is C16H19BrO2. The molecule has 0 radical (unpaired) electrons. The number of aliphatic hydroxyl groups is 1. The van der Waals surface area contributed by atoms with E-state index in [1.807, 2.05) is 44.2 Å². The molecule has 0 amide bonds. The summed E-state index contributed by atoms with van der Waals surface area (Å²) >= 11 is 3.48. The zero-order valence-electron chi connectivity index (χ0n) is 11.3. The highest BCUT2D eigenvalue weighted by Crippen LogP contribution is 2.44. The van der Waals surface area contributed by atoms with Crippen molar-refractivity contribution in [2.75, 3.05) is 0 Å². The topological polar surface area (TPSA) is 29.5 Å². The Morgan fingerprint density at radius 3 is 2.63 bits per heavy atom. The molecule has 2 atom stereocenters. The minimum absolute atomic E-state index is 0.0729. The maximum atomic E-state index is 10.6. The summed E-state index contributed by atoms with van der Waals surface area (Å²) in [5.41, 5.74) is 1.94. The lowest BCUT2D eigenvalue weighted by Gasteiger charge is -2.24. The average molecular weight is 323 g/mol. The van der Waals surface area contributed by atoms with Crippen molar-refractivity contribution in [3.05, 3.63) is 58.1 Å². The van der Waals surface area contributed by atoms with Crippen LogP contribution in [0.25, 0.3) is 0 Å². The van der Waals surface area contributed by atoms with Crippen LogP contribution < -0.4 is 0 Å². The molecule has 1 N–H and O–H groups in total. The normalized spacial score (nSPS) is 26.8. The van der Waals surface area contributed by atoms with Gasteiger partial charge in [0.15, 0.2) is 0 Å². The number of hydrogen-bond donors (Lipinski definition) is 1. The van der Waals surface area contributed by atoms with E-state index in [0.717, 1.165) is 21.2 Å². The minimum atomic E-state index is -0.981. The number of halogens is 1. The van der Waals surface area contributed by atoms with Crippen LogP contribution in [0.5, 0.6) is 0 Å². The van der Waals surface area contributed by atoms with Crippen LogP contribution >= 0.6 is 15.9 Å². The van der Waals surface area contributed by atoms with E-state index in [2.05, 4.69) is 22.5 Å². The fourth-order valence-corrected chi connectivity index (χ4v) is 3.05. The van der Waals surface area contributed by atoms with Crippen molar-refractivity contribution in [3.8, 4) is 0 Å². The molecule has 2 rings (SSSR count). The molecule has 0 saturated carbocycles. The molecular weight excluding hydrogens is 304 g/mol. The third-order valence-corrected chi connectivity index (χ3v) is 4.95. The van der Waals surface area contributed by atoms with Crippen molar-refractivity contribution in [3.63, 3.8) is 0 Å². The third-order valence-electron chi connectivity index (χ3n) is 3.67. The summed E-state index contributed by atoms with van der Waals surface area (Å²) in [6.07, 6.45) is 0.456. The van der Waals surface area contributed by atoms with Crippen molar-refractivity contribution in [1.82, 2.24) is 0 Å². The van der Waals surface area contributed by atoms with Crippen LogP contribution in [0.1, 0.15) is 25.8 Å². The van der Waals surface area contributed by atoms with Crippen molar-refractivity contribution < 1.29 is 9.84 Å². The summed E-state index contributed by atoms with van der Waals surface area (Å²) in [5.74, 6) is 0. The molecule has 0 saturated heterocycles. The number of ether oxygens (including phenoxy) is 1. The molecule has 2 nitrogen and oxygen atoms in total. The van der Waals surface area contributed by atoms with E-state index in [4.69, 9.17) is 4.74 Å². The number of hydrogen-bond acceptors (Lipinski definition) is 2. The largest absolute Gasteiger partial charge is 0.380 e. The zero-order chi connectivity index (χ0) is 14.0. The van der Waals surface area contributed by atoms with E-state index in [9.17, 15) is 5.11 Å². The highest BCUT2D eigenvalue weighted by atomic mass is 79.9. The van der Waals surface area contributed by atoms with Gasteiger partial charge in [-0.05, 0) is 30.6 Å². The van der Waals surface area contributed by atoms with Gasteiger partial charge in [0.1, 0.15) is 5.60 Å². The molecule has 0 fully saturated rings. The Kier molecular flexibility index (Phi) is 4.29. The van der Waals surface area contributed by atoms with Crippen LogP contribution in [-0.4, -0.2) is 16.8 Å². The second-order valence-corrected chi connectivity index (χ2v) is 5.92. The van der Waals surface area contributed by atoms with Crippen molar-refractivity contribution in [2.24, 2.45) is 0 Å². The van der Waals surface area contributed by atoms with Gasteiger partial charge in [0.05, 0.1) is 12.7 Å². The first-order chi connectivity index (χ1) is 8.95. The molecule has 0 aliphatic heterocycles. The molecule has 1 aromatic carbocycles. The first-order valence-corrected chi connectivity index (χ1v) is 7.15. The SMILES string of the molecule is C=C(C)[C@]1(O)C[C@H](OCc2ccccc2)C(C)=C1Br. The van der Waals surface area contributed by atoms with E-state index < -0.39 is 5.60 Å². The van der Waals surface area contributed by atoms with Crippen LogP contribution in [0, 0.1) is 0 Å². The van der Waals surface area contributed by atoms with Crippen molar-refractivity contribution >= 4 is 15.9 Å². The van der Waals surface area contributed by atoms with E-state index in [1.54, 1.807) is 0 Å². The van der Waals surface area contributed by atoms with Gasteiger partial charge in [-0.2, -0.15) is 0 Å². The Hall–Kier alpha value is -0.900. The van der Waals surface area contributed by atoms with Gasteiger partial charge in [-0.3, -0.25) is 0 Å². The second-order valence-electron chi connectivity index (χ2n) is 5.13. The van der Waals surface area contributed by atoms with Crippen molar-refractivity contribution in [2.45, 2.75) is 38.6 Å². The van der Waals surface area contributed by atoms with Crippen LogP contribution in [0.15, 0.2) is 52.5 Å². The lowest BCUT2D eigenvalue weighted by atomic mass is 9.95. The van der Waals surface area contributed by atoms with E-state index >= 15 is 0 Å². The first-order valence-electron chi connectivity index (χ1n) is 6.36. The lowest BCUT2D eigenvalue weighted by molar-refractivity contribution is 0.0254. The third kappa shape index (κ3) is 2.83.